The van der Waals surface area contributed by atoms with Crippen molar-refractivity contribution in [2.24, 2.45) is 0 Å². The average Bonchev–Trinajstić information content (AvgIpc) is 3.43. The first kappa shape index (κ1) is 19.2. The van der Waals surface area contributed by atoms with E-state index in [0.717, 1.165) is 12.8 Å². The summed E-state index contributed by atoms with van der Waals surface area (Å²) in [5.41, 5.74) is 0. The molecule has 0 N–H and O–H groups in total. The fraction of sp³-hybridized carbons (Fsp3) is 0.789. The third-order valence-corrected chi connectivity index (χ3v) is 6.41. The number of ether oxygens (including phenoxy) is 2. The number of carbonyl (C=O) groups excluding carboxylic acids is 4. The predicted octanol–water partition coefficient (Wildman–Crippen LogP) is -0.470. The molecule has 9 heteroatoms. The fourth-order valence-corrected chi connectivity index (χ4v) is 5.04. The van der Waals surface area contributed by atoms with E-state index in [4.69, 9.17) is 9.47 Å². The molecule has 0 unspecified atom stereocenters. The lowest BCUT2D eigenvalue weighted by molar-refractivity contribution is -0.157. The molecular weight excluding hydrogens is 366 g/mol. The van der Waals surface area contributed by atoms with Gasteiger partial charge in [-0.3, -0.25) is 14.4 Å². The Morgan fingerprint density at radius 3 is 2.14 bits per heavy atom. The number of hydrogen-bond donors (Lipinski definition) is 0. The Morgan fingerprint density at radius 1 is 0.964 bits per heavy atom. The first-order chi connectivity index (χ1) is 13.4. The Hall–Kier alpha value is -2.16. The van der Waals surface area contributed by atoms with E-state index in [1.165, 1.54) is 12.0 Å². The summed E-state index contributed by atoms with van der Waals surface area (Å²) in [7, 11) is 1.29. The Morgan fingerprint density at radius 2 is 1.54 bits per heavy atom. The van der Waals surface area contributed by atoms with Gasteiger partial charge in [0.25, 0.3) is 5.91 Å². The lowest BCUT2D eigenvalue weighted by Gasteiger charge is -2.35. The third-order valence-electron chi connectivity index (χ3n) is 6.41. The third kappa shape index (κ3) is 3.05. The lowest BCUT2D eigenvalue weighted by atomic mass is 10.1. The van der Waals surface area contributed by atoms with E-state index in [2.05, 4.69) is 0 Å². The van der Waals surface area contributed by atoms with Crippen LogP contribution in [0.3, 0.4) is 0 Å². The molecule has 9 nitrogen and oxygen atoms in total. The molecule has 0 saturated carbocycles. The van der Waals surface area contributed by atoms with Gasteiger partial charge in [-0.05, 0) is 32.6 Å². The summed E-state index contributed by atoms with van der Waals surface area (Å²) >= 11 is 0. The monoisotopic (exact) mass is 393 g/mol. The maximum atomic E-state index is 13.3. The minimum absolute atomic E-state index is 0.167. The summed E-state index contributed by atoms with van der Waals surface area (Å²) in [6.07, 6.45) is 1.81. The zero-order chi connectivity index (χ0) is 20.0. The maximum absolute atomic E-state index is 13.3. The second-order valence-corrected chi connectivity index (χ2v) is 8.04. The van der Waals surface area contributed by atoms with Crippen molar-refractivity contribution in [3.8, 4) is 0 Å². The van der Waals surface area contributed by atoms with Crippen molar-refractivity contribution in [1.82, 2.24) is 14.7 Å². The molecule has 0 aromatic carbocycles. The van der Waals surface area contributed by atoms with E-state index in [9.17, 15) is 19.2 Å². The molecule has 0 aromatic heterocycles. The smallest absolute Gasteiger partial charge is 0.328 e. The van der Waals surface area contributed by atoms with Gasteiger partial charge in [-0.1, -0.05) is 0 Å². The van der Waals surface area contributed by atoms with Crippen molar-refractivity contribution in [2.75, 3.05) is 26.7 Å². The van der Waals surface area contributed by atoms with Crippen molar-refractivity contribution < 1.29 is 28.7 Å². The Balaban J connectivity index is 1.70. The number of methoxy groups -OCH3 is 1. The lowest BCUT2D eigenvalue weighted by Crippen LogP contribution is -2.56. The number of rotatable bonds is 1. The normalized spacial score (nSPS) is 36.1. The molecule has 4 saturated heterocycles. The van der Waals surface area contributed by atoms with Crippen LogP contribution >= 0.6 is 0 Å². The van der Waals surface area contributed by atoms with Gasteiger partial charge in [-0.2, -0.15) is 0 Å². The predicted molar refractivity (Wildman–Crippen MR) is 95.9 cm³/mol. The minimum atomic E-state index is -0.747. The number of fused-ring (bicyclic) bond motifs is 4. The van der Waals surface area contributed by atoms with Gasteiger partial charge in [-0.25, -0.2) is 4.79 Å². The molecule has 154 valence electrons. The van der Waals surface area contributed by atoms with Gasteiger partial charge in [0, 0.05) is 26.1 Å². The van der Waals surface area contributed by atoms with Crippen LogP contribution in [0, 0.1) is 0 Å². The summed E-state index contributed by atoms with van der Waals surface area (Å²) < 4.78 is 10.8. The SMILES string of the molecule is COC(=O)[C@@H]1C[C@H]2CN1C(=O)[C@@H]1CCCN1C(=O)[C@@H]1CCCN1C(=O)[C@H](C)O2. The van der Waals surface area contributed by atoms with Crippen LogP contribution in [0.25, 0.3) is 0 Å². The molecule has 2 bridgehead atoms. The molecule has 5 atom stereocenters. The number of carbonyl (C=O) groups is 4. The van der Waals surface area contributed by atoms with Gasteiger partial charge in [0.05, 0.1) is 13.2 Å². The fourth-order valence-electron chi connectivity index (χ4n) is 5.04. The van der Waals surface area contributed by atoms with Gasteiger partial charge >= 0.3 is 5.97 Å². The zero-order valence-corrected chi connectivity index (χ0v) is 16.3. The molecule has 28 heavy (non-hydrogen) atoms. The van der Waals surface area contributed by atoms with Crippen LogP contribution in [0.2, 0.25) is 0 Å². The molecular formula is C19H27N3O6. The summed E-state index contributed by atoms with van der Waals surface area (Å²) in [5.74, 6) is -1.09. The van der Waals surface area contributed by atoms with E-state index >= 15 is 0 Å². The van der Waals surface area contributed by atoms with Crippen molar-refractivity contribution >= 4 is 23.7 Å². The van der Waals surface area contributed by atoms with Crippen LogP contribution in [-0.4, -0.2) is 95.5 Å². The van der Waals surface area contributed by atoms with E-state index in [-0.39, 0.29) is 24.3 Å². The number of esters is 1. The van der Waals surface area contributed by atoms with Crippen LogP contribution in [-0.2, 0) is 28.7 Å². The highest BCUT2D eigenvalue weighted by Gasteiger charge is 2.49. The van der Waals surface area contributed by atoms with Crippen LogP contribution in [0.5, 0.6) is 0 Å². The summed E-state index contributed by atoms with van der Waals surface area (Å²) in [6, 6.07) is -1.87. The van der Waals surface area contributed by atoms with Gasteiger partial charge < -0.3 is 24.2 Å². The van der Waals surface area contributed by atoms with E-state index < -0.39 is 36.3 Å². The Kier molecular flexibility index (Phi) is 5.03. The summed E-state index contributed by atoms with van der Waals surface area (Å²) in [5, 5.41) is 0. The summed E-state index contributed by atoms with van der Waals surface area (Å²) in [4.78, 5) is 56.5. The first-order valence-corrected chi connectivity index (χ1v) is 10.1. The van der Waals surface area contributed by atoms with Gasteiger partial charge in [-0.15, -0.1) is 0 Å². The number of nitrogens with zero attached hydrogens (tertiary/aromatic N) is 3. The molecule has 4 aliphatic heterocycles. The second kappa shape index (κ2) is 7.35. The highest BCUT2D eigenvalue weighted by molar-refractivity contribution is 5.95. The number of amides is 3. The van der Waals surface area contributed by atoms with Crippen LogP contribution in [0.4, 0.5) is 0 Å². The van der Waals surface area contributed by atoms with Crippen molar-refractivity contribution in [3.05, 3.63) is 0 Å². The summed E-state index contributed by atoms with van der Waals surface area (Å²) in [6.45, 7) is 2.92. The van der Waals surface area contributed by atoms with Crippen LogP contribution in [0.15, 0.2) is 0 Å². The highest BCUT2D eigenvalue weighted by Crippen LogP contribution is 2.31. The van der Waals surface area contributed by atoms with Gasteiger partial charge in [0.1, 0.15) is 24.2 Å². The van der Waals surface area contributed by atoms with E-state index in [1.807, 2.05) is 0 Å². The number of hydrogen-bond acceptors (Lipinski definition) is 6. The van der Waals surface area contributed by atoms with Gasteiger partial charge in [0.15, 0.2) is 0 Å². The second-order valence-electron chi connectivity index (χ2n) is 8.04. The van der Waals surface area contributed by atoms with Crippen molar-refractivity contribution in [2.45, 2.75) is 69.4 Å². The average molecular weight is 393 g/mol. The molecule has 0 aromatic rings. The van der Waals surface area contributed by atoms with Crippen molar-refractivity contribution in [1.29, 1.82) is 0 Å². The molecule has 4 aliphatic rings. The molecule has 0 radical (unpaired) electrons. The van der Waals surface area contributed by atoms with Gasteiger partial charge in [0.2, 0.25) is 11.8 Å². The van der Waals surface area contributed by atoms with Crippen LogP contribution in [0.1, 0.15) is 39.0 Å². The minimum Gasteiger partial charge on any atom is -0.467 e. The largest absolute Gasteiger partial charge is 0.467 e. The highest BCUT2D eigenvalue weighted by atomic mass is 16.5. The van der Waals surface area contributed by atoms with E-state index in [1.54, 1.807) is 16.7 Å². The quantitative estimate of drug-likeness (QED) is 0.559. The Labute approximate surface area is 163 Å². The molecule has 4 fully saturated rings. The van der Waals surface area contributed by atoms with Crippen molar-refractivity contribution in [3.63, 3.8) is 0 Å². The molecule has 3 amide bonds. The molecule has 0 aliphatic carbocycles. The van der Waals surface area contributed by atoms with Crippen LogP contribution < -0.4 is 0 Å². The topological polar surface area (TPSA) is 96.5 Å². The van der Waals surface area contributed by atoms with E-state index in [0.29, 0.717) is 32.4 Å². The first-order valence-electron chi connectivity index (χ1n) is 10.1. The molecule has 4 rings (SSSR count). The molecule has 0 spiro atoms. The zero-order valence-electron chi connectivity index (χ0n) is 16.3. The molecule has 4 heterocycles. The maximum Gasteiger partial charge on any atom is 0.328 e. The Bertz CT molecular complexity index is 697. The standard InChI is InChI=1S/C19H27N3O6/c1-11-16(23)20-7-3-5-13(20)17(24)21-8-4-6-14(21)18(25)22-10-12(28-11)9-15(22)19(26)27-2/h11-15H,3-10H2,1-2H3/t11-,12-,13-,14-,15-/m0/s1.